The number of hydrogen-bond acceptors (Lipinski definition) is 2. The maximum atomic E-state index is 11.6. The SMILES string of the molecule is O=C(O)c1ccccc1N/C=C/[P+](c1ccccc1)(c1ccccc1)c1ccccc1. The maximum Gasteiger partial charge on any atom is 0.337 e. The Morgan fingerprint density at radius 1 is 0.645 bits per heavy atom. The fourth-order valence-electron chi connectivity index (χ4n) is 3.73. The minimum Gasteiger partial charge on any atom is -0.478 e. The molecule has 0 aliphatic rings. The number of nitrogens with one attached hydrogen (secondary N) is 1. The molecule has 3 nitrogen and oxygen atoms in total. The van der Waals surface area contributed by atoms with E-state index in [0.717, 1.165) is 0 Å². The molecular weight excluding hydrogens is 401 g/mol. The van der Waals surface area contributed by atoms with Crippen LogP contribution in [0, 0.1) is 0 Å². The molecule has 4 rings (SSSR count). The first kappa shape index (κ1) is 20.6. The Morgan fingerprint density at radius 2 is 1.06 bits per heavy atom. The fourth-order valence-corrected chi connectivity index (χ4v) is 7.37. The number of anilines is 1. The zero-order valence-electron chi connectivity index (χ0n) is 16.9. The summed E-state index contributed by atoms with van der Waals surface area (Å²) >= 11 is 0. The molecule has 0 radical (unpaired) electrons. The summed E-state index contributed by atoms with van der Waals surface area (Å²) in [5, 5.41) is 16.4. The molecule has 0 heterocycles. The van der Waals surface area contributed by atoms with E-state index in [0.29, 0.717) is 5.69 Å². The molecule has 2 N–H and O–H groups in total. The van der Waals surface area contributed by atoms with Crippen molar-refractivity contribution in [2.75, 3.05) is 5.32 Å². The lowest BCUT2D eigenvalue weighted by Crippen LogP contribution is -2.29. The predicted octanol–water partition coefficient (Wildman–Crippen LogP) is 5.26. The number of para-hydroxylation sites is 1. The Labute approximate surface area is 183 Å². The first-order valence-corrected chi connectivity index (χ1v) is 11.9. The highest BCUT2D eigenvalue weighted by atomic mass is 31.2. The third kappa shape index (κ3) is 4.28. The lowest BCUT2D eigenvalue weighted by atomic mass is 10.2. The van der Waals surface area contributed by atoms with E-state index in [2.05, 4.69) is 83.9 Å². The van der Waals surface area contributed by atoms with Gasteiger partial charge in [-0.2, -0.15) is 0 Å². The van der Waals surface area contributed by atoms with Gasteiger partial charge in [0.1, 0.15) is 23.2 Å². The number of hydrogen-bond donors (Lipinski definition) is 2. The van der Waals surface area contributed by atoms with Crippen LogP contribution in [0.5, 0.6) is 0 Å². The van der Waals surface area contributed by atoms with Crippen LogP contribution >= 0.6 is 7.26 Å². The van der Waals surface area contributed by atoms with Gasteiger partial charge in [-0.25, -0.2) is 4.79 Å². The molecule has 31 heavy (non-hydrogen) atoms. The average molecular weight is 424 g/mol. The zero-order chi connectivity index (χ0) is 21.5. The smallest absolute Gasteiger partial charge is 0.337 e. The quantitative estimate of drug-likeness (QED) is 0.398. The van der Waals surface area contributed by atoms with Crippen molar-refractivity contribution in [1.29, 1.82) is 0 Å². The lowest BCUT2D eigenvalue weighted by molar-refractivity contribution is 0.0698. The summed E-state index contributed by atoms with van der Waals surface area (Å²) in [6, 6.07) is 38.4. The van der Waals surface area contributed by atoms with Crippen molar-refractivity contribution in [3.63, 3.8) is 0 Å². The normalized spacial score (nSPS) is 11.4. The second kappa shape index (κ2) is 9.42. The van der Waals surface area contributed by atoms with Gasteiger partial charge in [-0.05, 0) is 48.5 Å². The van der Waals surface area contributed by atoms with Crippen molar-refractivity contribution < 1.29 is 9.90 Å². The number of carboxylic acids is 1. The largest absolute Gasteiger partial charge is 0.478 e. The monoisotopic (exact) mass is 424 g/mol. The van der Waals surface area contributed by atoms with Gasteiger partial charge in [-0.15, -0.1) is 0 Å². The Bertz CT molecular complexity index is 1080. The van der Waals surface area contributed by atoms with E-state index in [-0.39, 0.29) is 5.56 Å². The summed E-state index contributed by atoms with van der Waals surface area (Å²) in [6.07, 6.45) is 1.89. The van der Waals surface area contributed by atoms with Crippen molar-refractivity contribution >= 4 is 34.8 Å². The topological polar surface area (TPSA) is 49.3 Å². The number of carboxylic acid groups (broad SMARTS) is 1. The Kier molecular flexibility index (Phi) is 6.26. The molecule has 0 saturated carbocycles. The second-order valence-corrected chi connectivity index (χ2v) is 10.3. The van der Waals surface area contributed by atoms with Crippen LogP contribution in [0.4, 0.5) is 5.69 Å². The average Bonchev–Trinajstić information content (AvgIpc) is 2.84. The molecule has 0 spiro atoms. The third-order valence-electron chi connectivity index (χ3n) is 5.18. The van der Waals surface area contributed by atoms with Crippen LogP contribution in [-0.4, -0.2) is 11.1 Å². The van der Waals surface area contributed by atoms with E-state index >= 15 is 0 Å². The van der Waals surface area contributed by atoms with E-state index in [4.69, 9.17) is 0 Å². The Morgan fingerprint density at radius 3 is 1.52 bits per heavy atom. The molecule has 4 aromatic rings. The molecule has 0 aliphatic carbocycles. The van der Waals surface area contributed by atoms with Gasteiger partial charge in [0, 0.05) is 6.20 Å². The highest BCUT2D eigenvalue weighted by Gasteiger charge is 2.43. The molecular formula is C27H23NO2P+. The van der Waals surface area contributed by atoms with Gasteiger partial charge in [-0.1, -0.05) is 66.7 Å². The highest BCUT2D eigenvalue weighted by Crippen LogP contribution is 2.56. The van der Waals surface area contributed by atoms with Gasteiger partial charge in [-0.3, -0.25) is 0 Å². The van der Waals surface area contributed by atoms with Crippen LogP contribution < -0.4 is 21.2 Å². The molecule has 0 unspecified atom stereocenters. The lowest BCUT2D eigenvalue weighted by Gasteiger charge is -2.24. The van der Waals surface area contributed by atoms with E-state index < -0.39 is 13.2 Å². The first-order chi connectivity index (χ1) is 15.2. The van der Waals surface area contributed by atoms with Gasteiger partial charge in [0.05, 0.1) is 17.1 Å². The van der Waals surface area contributed by atoms with Crippen molar-refractivity contribution in [3.8, 4) is 0 Å². The van der Waals surface area contributed by atoms with E-state index in [1.165, 1.54) is 15.9 Å². The second-order valence-electron chi connectivity index (χ2n) is 7.04. The molecule has 4 heteroatoms. The number of aromatic carboxylic acids is 1. The standard InChI is InChI=1S/C27H22NO2P/c29-27(30)25-18-10-11-19-26(25)28-20-21-31(22-12-4-1-5-13-22,23-14-6-2-7-15-23)24-16-8-3-9-17-24/h1-21,28H/p+1/b21-20+. The third-order valence-corrected chi connectivity index (χ3v) is 9.12. The van der Waals surface area contributed by atoms with Crippen LogP contribution in [0.3, 0.4) is 0 Å². The van der Waals surface area contributed by atoms with E-state index in [1.807, 2.05) is 30.5 Å². The van der Waals surface area contributed by atoms with Crippen molar-refractivity contribution in [3.05, 3.63) is 133 Å². The summed E-state index contributed by atoms with van der Waals surface area (Å²) in [5.74, 6) is 1.26. The molecule has 0 saturated heterocycles. The predicted molar refractivity (Wildman–Crippen MR) is 131 cm³/mol. The first-order valence-electron chi connectivity index (χ1n) is 10.0. The van der Waals surface area contributed by atoms with Crippen molar-refractivity contribution in [1.82, 2.24) is 0 Å². The highest BCUT2D eigenvalue weighted by molar-refractivity contribution is 7.98. The fraction of sp³-hybridized carbons (Fsp3) is 0. The van der Waals surface area contributed by atoms with Crippen LogP contribution in [0.25, 0.3) is 0 Å². The molecule has 0 aromatic heterocycles. The molecule has 4 aromatic carbocycles. The van der Waals surface area contributed by atoms with E-state index in [1.54, 1.807) is 18.2 Å². The van der Waals surface area contributed by atoms with Gasteiger partial charge < -0.3 is 10.4 Å². The molecule has 152 valence electrons. The number of rotatable bonds is 7. The van der Waals surface area contributed by atoms with Crippen molar-refractivity contribution in [2.45, 2.75) is 0 Å². The molecule has 0 aliphatic heterocycles. The van der Waals surface area contributed by atoms with Gasteiger partial charge in [0.25, 0.3) is 0 Å². The Balaban J connectivity index is 1.87. The van der Waals surface area contributed by atoms with Crippen LogP contribution in [0.2, 0.25) is 0 Å². The number of carbonyl (C=O) groups is 1. The summed E-state index contributed by atoms with van der Waals surface area (Å²) < 4.78 is 0. The summed E-state index contributed by atoms with van der Waals surface area (Å²) in [7, 11) is -2.12. The van der Waals surface area contributed by atoms with E-state index in [9.17, 15) is 9.90 Å². The summed E-state index contributed by atoms with van der Waals surface area (Å²) in [4.78, 5) is 11.6. The van der Waals surface area contributed by atoms with Gasteiger partial charge >= 0.3 is 5.97 Å². The van der Waals surface area contributed by atoms with Gasteiger partial charge in [0.15, 0.2) is 0 Å². The maximum absolute atomic E-state index is 11.6. The molecule has 0 atom stereocenters. The number of benzene rings is 4. The van der Waals surface area contributed by atoms with Crippen molar-refractivity contribution in [2.24, 2.45) is 0 Å². The molecule has 0 amide bonds. The minimum atomic E-state index is -2.12. The van der Waals surface area contributed by atoms with Crippen LogP contribution in [0.15, 0.2) is 127 Å². The molecule has 0 bridgehead atoms. The zero-order valence-corrected chi connectivity index (χ0v) is 17.8. The van der Waals surface area contributed by atoms with Gasteiger partial charge in [0.2, 0.25) is 0 Å². The molecule has 0 fully saturated rings. The van der Waals surface area contributed by atoms with Crippen LogP contribution in [-0.2, 0) is 0 Å². The Hall–Kier alpha value is -3.68. The minimum absolute atomic E-state index is 0.246. The summed E-state index contributed by atoms with van der Waals surface area (Å²) in [5.41, 5.74) is 0.814. The van der Waals surface area contributed by atoms with Crippen LogP contribution in [0.1, 0.15) is 10.4 Å². The summed E-state index contributed by atoms with van der Waals surface area (Å²) in [6.45, 7) is 0.